The normalized spacial score (nSPS) is 24.1. The van der Waals surface area contributed by atoms with Crippen molar-refractivity contribution in [3.05, 3.63) is 58.9 Å². The van der Waals surface area contributed by atoms with Crippen LogP contribution in [0.3, 0.4) is 0 Å². The molecule has 0 N–H and O–H groups in total. The van der Waals surface area contributed by atoms with Gasteiger partial charge in [-0.1, -0.05) is 12.1 Å². The maximum Gasteiger partial charge on any atom is 0.168 e. The van der Waals surface area contributed by atoms with Crippen molar-refractivity contribution in [2.45, 2.75) is 37.7 Å². The molecule has 1 aliphatic carbocycles. The van der Waals surface area contributed by atoms with Crippen molar-refractivity contribution in [2.24, 2.45) is 5.92 Å². The average Bonchev–Trinajstić information content (AvgIpc) is 3.55. The summed E-state index contributed by atoms with van der Waals surface area (Å²) in [5.74, 6) is -1.06. The first-order valence-corrected chi connectivity index (χ1v) is 9.62. The number of methoxy groups -OCH3 is 1. The Morgan fingerprint density at radius 1 is 0.964 bits per heavy atom. The van der Waals surface area contributed by atoms with E-state index in [1.165, 1.54) is 13.2 Å². The second-order valence-corrected chi connectivity index (χ2v) is 7.52. The molecule has 1 unspecified atom stereocenters. The van der Waals surface area contributed by atoms with E-state index >= 15 is 0 Å². The van der Waals surface area contributed by atoms with Crippen LogP contribution >= 0.6 is 0 Å². The third-order valence-corrected chi connectivity index (χ3v) is 5.72. The van der Waals surface area contributed by atoms with Gasteiger partial charge in [-0.2, -0.15) is 0 Å². The molecule has 1 heterocycles. The molecular formula is C22H23F3O3. The van der Waals surface area contributed by atoms with Crippen LogP contribution in [0.4, 0.5) is 13.2 Å². The van der Waals surface area contributed by atoms with Gasteiger partial charge < -0.3 is 14.2 Å². The topological polar surface area (TPSA) is 31.0 Å². The highest BCUT2D eigenvalue weighted by atomic mass is 19.2. The first-order valence-electron chi connectivity index (χ1n) is 9.62. The molecule has 0 spiro atoms. The molecular weight excluding hydrogens is 369 g/mol. The lowest BCUT2D eigenvalue weighted by Crippen LogP contribution is -2.20. The fourth-order valence-electron chi connectivity index (χ4n) is 3.94. The van der Waals surface area contributed by atoms with Crippen LogP contribution in [0.5, 0.6) is 11.5 Å². The lowest BCUT2D eigenvalue weighted by atomic mass is 9.78. The quantitative estimate of drug-likeness (QED) is 0.605. The first-order chi connectivity index (χ1) is 13.6. The molecule has 150 valence electrons. The largest absolute Gasteiger partial charge is 0.497 e. The van der Waals surface area contributed by atoms with Gasteiger partial charge in [0.05, 0.1) is 20.3 Å². The van der Waals surface area contributed by atoms with Gasteiger partial charge in [-0.15, -0.1) is 0 Å². The summed E-state index contributed by atoms with van der Waals surface area (Å²) in [5.41, 5.74) is 0.757. The second-order valence-electron chi connectivity index (χ2n) is 7.52. The van der Waals surface area contributed by atoms with Crippen molar-refractivity contribution in [2.75, 3.05) is 20.3 Å². The molecule has 2 fully saturated rings. The van der Waals surface area contributed by atoms with E-state index in [1.54, 1.807) is 24.3 Å². The van der Waals surface area contributed by atoms with E-state index in [9.17, 15) is 13.2 Å². The predicted octanol–water partition coefficient (Wildman–Crippen LogP) is 5.54. The Morgan fingerprint density at radius 2 is 1.64 bits per heavy atom. The second kappa shape index (κ2) is 8.03. The number of benzene rings is 2. The predicted molar refractivity (Wildman–Crippen MR) is 98.2 cm³/mol. The summed E-state index contributed by atoms with van der Waals surface area (Å²) in [7, 11) is 1.48. The summed E-state index contributed by atoms with van der Waals surface area (Å²) in [6, 6.07) is 7.85. The summed E-state index contributed by atoms with van der Waals surface area (Å²) >= 11 is 0. The SMILES string of the molecule is COc1ccc(OCC2CCC(c3ccc(C4CO4)c(F)c3F)CC2)c(F)c1. The Morgan fingerprint density at radius 3 is 2.29 bits per heavy atom. The van der Waals surface area contributed by atoms with Gasteiger partial charge in [-0.3, -0.25) is 0 Å². The van der Waals surface area contributed by atoms with Gasteiger partial charge in [-0.05, 0) is 55.2 Å². The molecule has 6 heteroatoms. The maximum atomic E-state index is 14.5. The van der Waals surface area contributed by atoms with Crippen molar-refractivity contribution >= 4 is 0 Å². The summed E-state index contributed by atoms with van der Waals surface area (Å²) in [6.45, 7) is 0.861. The van der Waals surface area contributed by atoms with Crippen LogP contribution in [-0.2, 0) is 4.74 Å². The Bertz CT molecular complexity index is 843. The molecule has 0 amide bonds. The van der Waals surface area contributed by atoms with Gasteiger partial charge in [0, 0.05) is 11.6 Å². The van der Waals surface area contributed by atoms with Crippen LogP contribution in [0, 0.1) is 23.4 Å². The van der Waals surface area contributed by atoms with Gasteiger partial charge >= 0.3 is 0 Å². The van der Waals surface area contributed by atoms with Crippen LogP contribution in [0.15, 0.2) is 30.3 Å². The third kappa shape index (κ3) is 3.97. The summed E-state index contributed by atoms with van der Waals surface area (Å²) < 4.78 is 58.4. The minimum atomic E-state index is -0.777. The summed E-state index contributed by atoms with van der Waals surface area (Å²) in [4.78, 5) is 0. The van der Waals surface area contributed by atoms with Gasteiger partial charge in [0.15, 0.2) is 23.2 Å². The van der Waals surface area contributed by atoms with Crippen LogP contribution in [0.2, 0.25) is 0 Å². The van der Waals surface area contributed by atoms with Gasteiger partial charge in [0.25, 0.3) is 0 Å². The Hall–Kier alpha value is -2.21. The highest BCUT2D eigenvalue weighted by molar-refractivity contribution is 5.33. The van der Waals surface area contributed by atoms with Gasteiger partial charge in [-0.25, -0.2) is 13.2 Å². The van der Waals surface area contributed by atoms with Crippen molar-refractivity contribution < 1.29 is 27.4 Å². The molecule has 1 aliphatic heterocycles. The van der Waals surface area contributed by atoms with E-state index < -0.39 is 17.5 Å². The number of ether oxygens (including phenoxy) is 3. The minimum Gasteiger partial charge on any atom is -0.497 e. The number of hydrogen-bond donors (Lipinski definition) is 0. The minimum absolute atomic E-state index is 0.00218. The maximum absolute atomic E-state index is 14.5. The molecule has 0 radical (unpaired) electrons. The molecule has 1 saturated carbocycles. The number of hydrogen-bond acceptors (Lipinski definition) is 3. The van der Waals surface area contributed by atoms with Crippen molar-refractivity contribution in [3.63, 3.8) is 0 Å². The molecule has 2 aliphatic rings. The average molecular weight is 392 g/mol. The van der Waals surface area contributed by atoms with E-state index in [-0.39, 0.29) is 23.7 Å². The molecule has 2 aromatic carbocycles. The molecule has 0 aromatic heterocycles. The zero-order valence-corrected chi connectivity index (χ0v) is 15.7. The number of halogens is 3. The highest BCUT2D eigenvalue weighted by Gasteiger charge is 2.32. The fourth-order valence-corrected chi connectivity index (χ4v) is 3.94. The standard InChI is InChI=1S/C22H23F3O3/c1-26-15-6-9-19(18(23)10-15)27-11-13-2-4-14(5-3-13)16-7-8-17(20-12-28-20)22(25)21(16)24/h6-10,13-14,20H,2-5,11-12H2,1H3. The van der Waals surface area contributed by atoms with E-state index in [4.69, 9.17) is 14.2 Å². The van der Waals surface area contributed by atoms with Crippen LogP contribution < -0.4 is 9.47 Å². The molecule has 3 nitrogen and oxygen atoms in total. The van der Waals surface area contributed by atoms with E-state index in [1.807, 2.05) is 0 Å². The zero-order valence-electron chi connectivity index (χ0n) is 15.7. The summed E-state index contributed by atoms with van der Waals surface area (Å²) in [5, 5.41) is 0. The Kier molecular flexibility index (Phi) is 5.49. The molecule has 0 bridgehead atoms. The molecule has 2 aromatic rings. The first kappa shape index (κ1) is 19.1. The molecule has 1 atom stereocenters. The van der Waals surface area contributed by atoms with Crippen LogP contribution in [0.25, 0.3) is 0 Å². The molecule has 1 saturated heterocycles. The van der Waals surface area contributed by atoms with E-state index in [0.717, 1.165) is 25.7 Å². The molecule has 4 rings (SSSR count). The van der Waals surface area contributed by atoms with E-state index in [0.29, 0.717) is 30.1 Å². The lowest BCUT2D eigenvalue weighted by molar-refractivity contribution is 0.193. The van der Waals surface area contributed by atoms with Crippen LogP contribution in [0.1, 0.15) is 48.8 Å². The summed E-state index contributed by atoms with van der Waals surface area (Å²) in [6.07, 6.45) is 2.88. The zero-order chi connectivity index (χ0) is 19.7. The lowest BCUT2D eigenvalue weighted by Gasteiger charge is -2.29. The smallest absolute Gasteiger partial charge is 0.168 e. The van der Waals surface area contributed by atoms with E-state index in [2.05, 4.69) is 0 Å². The van der Waals surface area contributed by atoms with Crippen LogP contribution in [-0.4, -0.2) is 20.3 Å². The van der Waals surface area contributed by atoms with Gasteiger partial charge in [0.2, 0.25) is 0 Å². The number of epoxide rings is 1. The Labute approximate surface area is 162 Å². The molecule has 28 heavy (non-hydrogen) atoms. The van der Waals surface area contributed by atoms with Gasteiger partial charge in [0.1, 0.15) is 11.9 Å². The fraction of sp³-hybridized carbons (Fsp3) is 0.455. The monoisotopic (exact) mass is 392 g/mol. The third-order valence-electron chi connectivity index (χ3n) is 5.72. The number of rotatable bonds is 6. The highest BCUT2D eigenvalue weighted by Crippen LogP contribution is 2.40. The Balaban J connectivity index is 1.33. The van der Waals surface area contributed by atoms with Crippen molar-refractivity contribution in [1.82, 2.24) is 0 Å². The van der Waals surface area contributed by atoms with Crippen molar-refractivity contribution in [1.29, 1.82) is 0 Å². The van der Waals surface area contributed by atoms with Crippen molar-refractivity contribution in [3.8, 4) is 11.5 Å².